The zero-order valence-corrected chi connectivity index (χ0v) is 16.2. The summed E-state index contributed by atoms with van der Waals surface area (Å²) in [4.78, 5) is 6.58. The number of ether oxygens (including phenoxy) is 3. The van der Waals surface area contributed by atoms with Gasteiger partial charge in [-0.25, -0.2) is 0 Å². The van der Waals surface area contributed by atoms with E-state index in [2.05, 4.69) is 27.3 Å². The van der Waals surface area contributed by atoms with E-state index in [1.807, 2.05) is 24.5 Å². The quantitative estimate of drug-likeness (QED) is 0.832. The molecule has 1 saturated heterocycles. The Kier molecular flexibility index (Phi) is 7.50. The monoisotopic (exact) mass is 379 g/mol. The van der Waals surface area contributed by atoms with Crippen LogP contribution in [0.4, 0.5) is 0 Å². The van der Waals surface area contributed by atoms with Crippen molar-refractivity contribution in [2.24, 2.45) is 0 Å². The summed E-state index contributed by atoms with van der Waals surface area (Å²) in [5.41, 5.74) is 2.35. The van der Waals surface area contributed by atoms with Gasteiger partial charge in [-0.05, 0) is 23.8 Å². The van der Waals surface area contributed by atoms with Crippen molar-refractivity contribution in [1.82, 2.24) is 15.2 Å². The molecule has 2 heterocycles. The van der Waals surface area contributed by atoms with Crippen molar-refractivity contribution in [2.45, 2.75) is 12.6 Å². The third-order valence-electron chi connectivity index (χ3n) is 4.60. The van der Waals surface area contributed by atoms with Gasteiger partial charge in [0.15, 0.2) is 11.5 Å². The molecule has 1 unspecified atom stereocenters. The third kappa shape index (κ3) is 4.20. The molecular weight excluding hydrogens is 354 g/mol. The van der Waals surface area contributed by atoms with Gasteiger partial charge < -0.3 is 19.5 Å². The van der Waals surface area contributed by atoms with Crippen LogP contribution in [-0.4, -0.2) is 50.8 Å². The van der Waals surface area contributed by atoms with Crippen LogP contribution in [0.1, 0.15) is 17.2 Å². The van der Waals surface area contributed by atoms with Crippen LogP contribution in [0.25, 0.3) is 0 Å². The molecule has 2 aromatic rings. The number of benzene rings is 1. The van der Waals surface area contributed by atoms with Gasteiger partial charge in [0.05, 0.1) is 21.3 Å². The van der Waals surface area contributed by atoms with E-state index in [0.29, 0.717) is 17.5 Å². The van der Waals surface area contributed by atoms with Crippen molar-refractivity contribution in [3.8, 4) is 17.2 Å². The molecule has 1 aliphatic heterocycles. The number of hydrogen-bond acceptors (Lipinski definition) is 6. The van der Waals surface area contributed by atoms with Gasteiger partial charge in [0.2, 0.25) is 5.75 Å². The van der Waals surface area contributed by atoms with Crippen molar-refractivity contribution in [3.05, 3.63) is 47.8 Å². The molecule has 7 heteroatoms. The van der Waals surface area contributed by atoms with Gasteiger partial charge in [0.25, 0.3) is 0 Å². The number of aromatic nitrogens is 1. The molecule has 0 bridgehead atoms. The highest BCUT2D eigenvalue weighted by Crippen LogP contribution is 2.40. The minimum Gasteiger partial charge on any atom is -0.493 e. The molecule has 0 spiro atoms. The molecule has 1 atom stereocenters. The van der Waals surface area contributed by atoms with E-state index in [0.717, 1.165) is 37.5 Å². The zero-order chi connectivity index (χ0) is 17.6. The van der Waals surface area contributed by atoms with Crippen molar-refractivity contribution < 1.29 is 14.2 Å². The van der Waals surface area contributed by atoms with Crippen LogP contribution in [0.2, 0.25) is 0 Å². The topological polar surface area (TPSA) is 55.9 Å². The molecule has 1 aromatic heterocycles. The zero-order valence-electron chi connectivity index (χ0n) is 15.4. The SMILES string of the molecule is COc1ccc(CN2CCNCC2c2ccncc2)c(OC)c1OC.Cl. The molecule has 0 amide bonds. The van der Waals surface area contributed by atoms with E-state index < -0.39 is 0 Å². The lowest BCUT2D eigenvalue weighted by Crippen LogP contribution is -2.45. The molecule has 26 heavy (non-hydrogen) atoms. The second kappa shape index (κ2) is 9.62. The predicted octanol–water partition coefficient (Wildman–Crippen LogP) is 2.68. The summed E-state index contributed by atoms with van der Waals surface area (Å²) in [6, 6.07) is 8.44. The summed E-state index contributed by atoms with van der Waals surface area (Å²) < 4.78 is 16.5. The highest BCUT2D eigenvalue weighted by molar-refractivity contribution is 5.85. The number of rotatable bonds is 6. The molecule has 6 nitrogen and oxygen atoms in total. The smallest absolute Gasteiger partial charge is 0.203 e. The van der Waals surface area contributed by atoms with Gasteiger partial charge in [-0.15, -0.1) is 12.4 Å². The van der Waals surface area contributed by atoms with Gasteiger partial charge >= 0.3 is 0 Å². The standard InChI is InChI=1S/C19H25N3O3.ClH/c1-23-17-5-4-15(18(24-2)19(17)25-3)13-22-11-10-21-12-16(22)14-6-8-20-9-7-14;/h4-9,16,21H,10-13H2,1-3H3;1H. The largest absolute Gasteiger partial charge is 0.493 e. The normalized spacial score (nSPS) is 17.3. The molecule has 0 aliphatic carbocycles. The average molecular weight is 380 g/mol. The van der Waals surface area contributed by atoms with Gasteiger partial charge in [0.1, 0.15) is 0 Å². The van der Waals surface area contributed by atoms with E-state index >= 15 is 0 Å². The summed E-state index contributed by atoms with van der Waals surface area (Å²) >= 11 is 0. The van der Waals surface area contributed by atoms with E-state index in [9.17, 15) is 0 Å². The third-order valence-corrected chi connectivity index (χ3v) is 4.60. The fraction of sp³-hybridized carbons (Fsp3) is 0.421. The van der Waals surface area contributed by atoms with Crippen LogP contribution >= 0.6 is 12.4 Å². The Hall–Kier alpha value is -2.02. The number of halogens is 1. The van der Waals surface area contributed by atoms with Gasteiger partial charge in [-0.2, -0.15) is 0 Å². The number of nitrogens with one attached hydrogen (secondary N) is 1. The van der Waals surface area contributed by atoms with Gasteiger partial charge in [-0.1, -0.05) is 6.07 Å². The molecule has 142 valence electrons. The first kappa shape index (κ1) is 20.3. The molecule has 3 rings (SSSR count). The summed E-state index contributed by atoms with van der Waals surface area (Å²) in [7, 11) is 4.93. The Bertz CT molecular complexity index is 700. The molecule has 1 fully saturated rings. The first-order valence-corrected chi connectivity index (χ1v) is 8.41. The fourth-order valence-electron chi connectivity index (χ4n) is 3.36. The summed E-state index contributed by atoms with van der Waals surface area (Å²) in [5.74, 6) is 2.04. The van der Waals surface area contributed by atoms with Crippen molar-refractivity contribution in [2.75, 3.05) is 41.0 Å². The number of methoxy groups -OCH3 is 3. The number of pyridine rings is 1. The van der Waals surface area contributed by atoms with Crippen molar-refractivity contribution in [1.29, 1.82) is 0 Å². The van der Waals surface area contributed by atoms with Crippen molar-refractivity contribution >= 4 is 12.4 Å². The van der Waals surface area contributed by atoms with Gasteiger partial charge in [0, 0.05) is 50.2 Å². The Morgan fingerprint density at radius 1 is 1.04 bits per heavy atom. The number of nitrogens with zero attached hydrogens (tertiary/aromatic N) is 2. The van der Waals surface area contributed by atoms with Crippen molar-refractivity contribution in [3.63, 3.8) is 0 Å². The van der Waals surface area contributed by atoms with Crippen LogP contribution in [0.15, 0.2) is 36.7 Å². The predicted molar refractivity (Wildman–Crippen MR) is 104 cm³/mol. The maximum atomic E-state index is 5.64. The van der Waals surface area contributed by atoms with E-state index in [-0.39, 0.29) is 12.4 Å². The van der Waals surface area contributed by atoms with Crippen LogP contribution in [-0.2, 0) is 6.54 Å². The maximum absolute atomic E-state index is 5.64. The van der Waals surface area contributed by atoms with E-state index in [4.69, 9.17) is 14.2 Å². The Balaban J connectivity index is 0.00000243. The molecule has 0 radical (unpaired) electrons. The second-order valence-corrected chi connectivity index (χ2v) is 5.96. The van der Waals surface area contributed by atoms with E-state index in [1.54, 1.807) is 21.3 Å². The fourth-order valence-corrected chi connectivity index (χ4v) is 3.36. The Morgan fingerprint density at radius 2 is 1.77 bits per heavy atom. The number of hydrogen-bond donors (Lipinski definition) is 1. The summed E-state index contributed by atoms with van der Waals surface area (Å²) in [5, 5.41) is 3.48. The molecule has 1 N–H and O–H groups in total. The first-order valence-electron chi connectivity index (χ1n) is 8.41. The molecular formula is C19H26ClN3O3. The van der Waals surface area contributed by atoms with Crippen LogP contribution in [0, 0.1) is 0 Å². The lowest BCUT2D eigenvalue weighted by molar-refractivity contribution is 0.151. The minimum absolute atomic E-state index is 0. The van der Waals surface area contributed by atoms with E-state index in [1.165, 1.54) is 5.56 Å². The first-order chi connectivity index (χ1) is 12.3. The molecule has 1 aromatic carbocycles. The Morgan fingerprint density at radius 3 is 2.42 bits per heavy atom. The number of piperazine rings is 1. The highest BCUT2D eigenvalue weighted by Gasteiger charge is 2.26. The minimum atomic E-state index is 0. The van der Waals surface area contributed by atoms with Crippen LogP contribution in [0.3, 0.4) is 0 Å². The molecule has 0 saturated carbocycles. The average Bonchev–Trinajstić information content (AvgIpc) is 2.68. The van der Waals surface area contributed by atoms with Gasteiger partial charge in [-0.3, -0.25) is 9.88 Å². The molecule has 1 aliphatic rings. The van der Waals surface area contributed by atoms with Crippen LogP contribution < -0.4 is 19.5 Å². The second-order valence-electron chi connectivity index (χ2n) is 5.96. The summed E-state index contributed by atoms with van der Waals surface area (Å²) in [6.07, 6.45) is 3.69. The maximum Gasteiger partial charge on any atom is 0.203 e. The highest BCUT2D eigenvalue weighted by atomic mass is 35.5. The van der Waals surface area contributed by atoms with Crippen LogP contribution in [0.5, 0.6) is 17.2 Å². The lowest BCUT2D eigenvalue weighted by atomic mass is 10.0. The Labute approximate surface area is 160 Å². The lowest BCUT2D eigenvalue weighted by Gasteiger charge is -2.36. The summed E-state index contributed by atoms with van der Waals surface area (Å²) in [6.45, 7) is 3.62.